The van der Waals surface area contributed by atoms with Crippen molar-refractivity contribution in [1.82, 2.24) is 0 Å². The highest BCUT2D eigenvalue weighted by Gasteiger charge is 2.00. The molecule has 0 aliphatic rings. The predicted octanol–water partition coefficient (Wildman–Crippen LogP) is 2.38. The highest BCUT2D eigenvalue weighted by atomic mass is 16.5. The zero-order valence-corrected chi connectivity index (χ0v) is 7.88. The second-order valence-electron chi connectivity index (χ2n) is 2.45. The Kier molecular flexibility index (Phi) is 4.17. The summed E-state index contributed by atoms with van der Waals surface area (Å²) in [7, 11) is 1.58. The van der Waals surface area contributed by atoms with Crippen molar-refractivity contribution in [3.63, 3.8) is 0 Å². The molecule has 1 aromatic rings. The van der Waals surface area contributed by atoms with Crippen LogP contribution in [-0.2, 0) is 0 Å². The van der Waals surface area contributed by atoms with Gasteiger partial charge in [-0.05, 0) is 17.7 Å². The normalized spacial score (nSPS) is 8.93. The van der Waals surface area contributed by atoms with E-state index >= 15 is 0 Å². The van der Waals surface area contributed by atoms with E-state index in [1.165, 1.54) is 0 Å². The van der Waals surface area contributed by atoms with Crippen LogP contribution in [0.2, 0.25) is 0 Å². The molecule has 1 rings (SSSR count). The van der Waals surface area contributed by atoms with E-state index in [4.69, 9.17) is 15.0 Å². The molecule has 0 unspecified atom stereocenters. The number of azide groups is 1. The minimum Gasteiger partial charge on any atom is -0.493 e. The first-order chi connectivity index (χ1) is 6.88. The van der Waals surface area contributed by atoms with Crippen LogP contribution in [0.4, 0.5) is 0 Å². The van der Waals surface area contributed by atoms with Crippen molar-refractivity contribution in [3.8, 4) is 11.5 Å². The Morgan fingerprint density at radius 2 is 2.07 bits per heavy atom. The number of rotatable bonds is 5. The lowest BCUT2D eigenvalue weighted by molar-refractivity contribution is 0.302. The van der Waals surface area contributed by atoms with Crippen molar-refractivity contribution in [2.75, 3.05) is 20.3 Å². The van der Waals surface area contributed by atoms with Gasteiger partial charge in [0.15, 0.2) is 11.5 Å². The number of methoxy groups -OCH3 is 1. The highest BCUT2D eigenvalue weighted by Crippen LogP contribution is 2.25. The highest BCUT2D eigenvalue weighted by molar-refractivity contribution is 5.39. The Hall–Kier alpha value is -1.87. The van der Waals surface area contributed by atoms with E-state index in [2.05, 4.69) is 10.0 Å². The minimum absolute atomic E-state index is 0.314. The molecule has 0 N–H and O–H groups in total. The molecular weight excluding hydrogens is 182 g/mol. The average molecular weight is 193 g/mol. The predicted molar refractivity (Wildman–Crippen MR) is 52.5 cm³/mol. The number of ether oxygens (including phenoxy) is 2. The van der Waals surface area contributed by atoms with Crippen molar-refractivity contribution in [2.24, 2.45) is 5.11 Å². The third-order valence-electron chi connectivity index (χ3n) is 1.58. The number of hydrogen-bond acceptors (Lipinski definition) is 3. The fourth-order valence-corrected chi connectivity index (χ4v) is 0.979. The molecule has 0 bridgehead atoms. The van der Waals surface area contributed by atoms with Gasteiger partial charge in [-0.15, -0.1) is 0 Å². The molecule has 0 radical (unpaired) electrons. The largest absolute Gasteiger partial charge is 0.493 e. The molecule has 5 heteroatoms. The zero-order chi connectivity index (χ0) is 10.2. The smallest absolute Gasteiger partial charge is 0.161 e. The van der Waals surface area contributed by atoms with Crippen LogP contribution in [0.3, 0.4) is 0 Å². The molecule has 0 amide bonds. The second kappa shape index (κ2) is 5.72. The van der Waals surface area contributed by atoms with Gasteiger partial charge in [-0.2, -0.15) is 0 Å². The van der Waals surface area contributed by atoms with Crippen molar-refractivity contribution in [1.29, 1.82) is 0 Å². The number of hydrogen-bond donors (Lipinski definition) is 0. The van der Waals surface area contributed by atoms with E-state index in [-0.39, 0.29) is 0 Å². The summed E-state index contributed by atoms with van der Waals surface area (Å²) < 4.78 is 10.4. The lowest BCUT2D eigenvalue weighted by atomic mass is 10.3. The summed E-state index contributed by atoms with van der Waals surface area (Å²) in [5.74, 6) is 1.33. The van der Waals surface area contributed by atoms with Crippen molar-refractivity contribution in [2.45, 2.75) is 0 Å². The molecule has 0 aromatic heterocycles. The third kappa shape index (κ3) is 2.88. The summed E-state index contributed by atoms with van der Waals surface area (Å²) in [4.78, 5) is 2.62. The van der Waals surface area contributed by atoms with Crippen LogP contribution in [0.25, 0.3) is 10.4 Å². The monoisotopic (exact) mass is 193 g/mol. The SMILES string of the molecule is COc1ccccc1OCCN=[N+]=[N-]. The van der Waals surface area contributed by atoms with Crippen LogP contribution in [0.5, 0.6) is 11.5 Å². The van der Waals surface area contributed by atoms with Gasteiger partial charge in [0, 0.05) is 4.91 Å². The molecule has 0 spiro atoms. The van der Waals surface area contributed by atoms with Crippen LogP contribution in [-0.4, -0.2) is 20.3 Å². The standard InChI is InChI=1S/C9H11N3O2/c1-13-8-4-2-3-5-9(8)14-7-6-11-12-10/h2-5H,6-7H2,1H3. The van der Waals surface area contributed by atoms with Crippen LogP contribution < -0.4 is 9.47 Å². The van der Waals surface area contributed by atoms with Crippen LogP contribution in [0.1, 0.15) is 0 Å². The van der Waals surface area contributed by atoms with E-state index in [0.29, 0.717) is 24.7 Å². The number of para-hydroxylation sites is 2. The summed E-state index contributed by atoms with van der Waals surface area (Å²) in [5, 5.41) is 3.36. The summed E-state index contributed by atoms with van der Waals surface area (Å²) in [5.41, 5.74) is 8.04. The number of benzene rings is 1. The molecule has 0 heterocycles. The summed E-state index contributed by atoms with van der Waals surface area (Å²) >= 11 is 0. The molecule has 0 fully saturated rings. The first kappa shape index (κ1) is 10.2. The van der Waals surface area contributed by atoms with Gasteiger partial charge in [-0.3, -0.25) is 0 Å². The molecular formula is C9H11N3O2. The van der Waals surface area contributed by atoms with Gasteiger partial charge >= 0.3 is 0 Å². The second-order valence-corrected chi connectivity index (χ2v) is 2.45. The lowest BCUT2D eigenvalue weighted by Crippen LogP contribution is -2.01. The molecule has 0 aliphatic carbocycles. The quantitative estimate of drug-likeness (QED) is 0.312. The van der Waals surface area contributed by atoms with E-state index in [1.54, 1.807) is 13.2 Å². The molecule has 5 nitrogen and oxygen atoms in total. The molecule has 0 saturated heterocycles. The van der Waals surface area contributed by atoms with Crippen molar-refractivity contribution in [3.05, 3.63) is 34.7 Å². The van der Waals surface area contributed by atoms with Gasteiger partial charge in [0.25, 0.3) is 0 Å². The molecule has 0 atom stereocenters. The summed E-state index contributed by atoms with van der Waals surface area (Å²) in [6.45, 7) is 0.666. The summed E-state index contributed by atoms with van der Waals surface area (Å²) in [6, 6.07) is 7.32. The molecule has 74 valence electrons. The zero-order valence-electron chi connectivity index (χ0n) is 7.88. The first-order valence-corrected chi connectivity index (χ1v) is 4.15. The fraction of sp³-hybridized carbons (Fsp3) is 0.333. The molecule has 0 aliphatic heterocycles. The van der Waals surface area contributed by atoms with E-state index in [0.717, 1.165) is 0 Å². The Bertz CT molecular complexity index is 335. The fourth-order valence-electron chi connectivity index (χ4n) is 0.979. The van der Waals surface area contributed by atoms with Gasteiger partial charge in [-0.25, -0.2) is 0 Å². The minimum atomic E-state index is 0.314. The van der Waals surface area contributed by atoms with E-state index in [9.17, 15) is 0 Å². The van der Waals surface area contributed by atoms with Gasteiger partial charge in [0.2, 0.25) is 0 Å². The third-order valence-corrected chi connectivity index (χ3v) is 1.58. The van der Waals surface area contributed by atoms with Gasteiger partial charge < -0.3 is 9.47 Å². The van der Waals surface area contributed by atoms with Gasteiger partial charge in [-0.1, -0.05) is 17.2 Å². The van der Waals surface area contributed by atoms with Crippen LogP contribution >= 0.6 is 0 Å². The van der Waals surface area contributed by atoms with E-state index < -0.39 is 0 Å². The molecule has 1 aromatic carbocycles. The maximum absolute atomic E-state index is 8.04. The molecule has 0 saturated carbocycles. The topological polar surface area (TPSA) is 67.2 Å². The average Bonchev–Trinajstić information content (AvgIpc) is 2.25. The van der Waals surface area contributed by atoms with Crippen molar-refractivity contribution >= 4 is 0 Å². The lowest BCUT2D eigenvalue weighted by Gasteiger charge is -2.08. The summed E-state index contributed by atoms with van der Waals surface area (Å²) in [6.07, 6.45) is 0. The maximum Gasteiger partial charge on any atom is 0.161 e. The van der Waals surface area contributed by atoms with Gasteiger partial charge in [0.05, 0.1) is 20.3 Å². The first-order valence-electron chi connectivity index (χ1n) is 4.15. The van der Waals surface area contributed by atoms with Crippen LogP contribution in [0.15, 0.2) is 29.4 Å². The Balaban J connectivity index is 2.52. The Morgan fingerprint density at radius 3 is 2.71 bits per heavy atom. The van der Waals surface area contributed by atoms with Crippen LogP contribution in [0, 0.1) is 0 Å². The Morgan fingerprint density at radius 1 is 1.36 bits per heavy atom. The van der Waals surface area contributed by atoms with E-state index in [1.807, 2.05) is 18.2 Å². The Labute approximate surface area is 81.9 Å². The number of nitrogens with zero attached hydrogens (tertiary/aromatic N) is 3. The van der Waals surface area contributed by atoms with Crippen molar-refractivity contribution < 1.29 is 9.47 Å². The molecule has 14 heavy (non-hydrogen) atoms. The van der Waals surface area contributed by atoms with Gasteiger partial charge in [0.1, 0.15) is 0 Å². The maximum atomic E-state index is 8.04.